The van der Waals surface area contributed by atoms with Crippen molar-refractivity contribution in [1.29, 1.82) is 0 Å². The fraction of sp³-hybridized carbons (Fsp3) is 0.579. The van der Waals surface area contributed by atoms with Gasteiger partial charge in [0.1, 0.15) is 5.82 Å². The maximum absolute atomic E-state index is 14.3. The van der Waals surface area contributed by atoms with Gasteiger partial charge in [-0.15, -0.1) is 0 Å². The first-order valence-corrected chi connectivity index (χ1v) is 9.49. The zero-order valence-corrected chi connectivity index (χ0v) is 15.0. The normalized spacial score (nSPS) is 28.1. The summed E-state index contributed by atoms with van der Waals surface area (Å²) in [5, 5.41) is 5.47. The summed E-state index contributed by atoms with van der Waals surface area (Å²) >= 11 is 0. The van der Waals surface area contributed by atoms with Crippen LogP contribution in [0.25, 0.3) is 0 Å². The third-order valence-electron chi connectivity index (χ3n) is 5.94. The van der Waals surface area contributed by atoms with Gasteiger partial charge in [-0.05, 0) is 50.3 Å². The number of anilines is 2. The van der Waals surface area contributed by atoms with Crippen LogP contribution in [0.3, 0.4) is 0 Å². The van der Waals surface area contributed by atoms with E-state index < -0.39 is 5.82 Å². The van der Waals surface area contributed by atoms with Gasteiger partial charge in [-0.2, -0.15) is 0 Å². The molecule has 3 aliphatic rings. The van der Waals surface area contributed by atoms with Gasteiger partial charge in [0, 0.05) is 30.9 Å². The molecule has 2 saturated heterocycles. The Hall–Kier alpha value is -2.31. The summed E-state index contributed by atoms with van der Waals surface area (Å²) in [6.07, 6.45) is 5.60. The molecule has 0 aromatic heterocycles. The van der Waals surface area contributed by atoms with Crippen molar-refractivity contribution in [2.75, 3.05) is 23.3 Å². The van der Waals surface area contributed by atoms with Gasteiger partial charge in [-0.25, -0.2) is 14.0 Å². The lowest BCUT2D eigenvalue weighted by molar-refractivity contribution is 0.168. The molecule has 0 bridgehead atoms. The molecule has 2 aliphatic heterocycles. The molecule has 140 valence electrons. The number of carbonyl (C=O) groups is 2. The highest BCUT2D eigenvalue weighted by atomic mass is 19.1. The monoisotopic (exact) mass is 360 g/mol. The summed E-state index contributed by atoms with van der Waals surface area (Å²) in [5.41, 5.74) is 0.709. The summed E-state index contributed by atoms with van der Waals surface area (Å²) in [7, 11) is 0. The maximum atomic E-state index is 14.3. The number of hydrogen-bond acceptors (Lipinski definition) is 2. The van der Waals surface area contributed by atoms with Crippen molar-refractivity contribution in [3.63, 3.8) is 0 Å². The van der Waals surface area contributed by atoms with Crippen molar-refractivity contribution >= 4 is 23.4 Å². The second kappa shape index (κ2) is 6.78. The van der Waals surface area contributed by atoms with E-state index in [0.29, 0.717) is 24.7 Å². The third-order valence-corrected chi connectivity index (χ3v) is 5.94. The van der Waals surface area contributed by atoms with E-state index in [4.69, 9.17) is 0 Å². The van der Waals surface area contributed by atoms with E-state index >= 15 is 0 Å². The quantitative estimate of drug-likeness (QED) is 0.847. The van der Waals surface area contributed by atoms with Crippen molar-refractivity contribution in [2.45, 2.75) is 51.1 Å². The number of amides is 4. The summed E-state index contributed by atoms with van der Waals surface area (Å²) in [6, 6.07) is 4.38. The van der Waals surface area contributed by atoms with Crippen molar-refractivity contribution in [1.82, 2.24) is 10.2 Å². The Morgan fingerprint density at radius 2 is 2.12 bits per heavy atom. The van der Waals surface area contributed by atoms with Crippen LogP contribution in [0.15, 0.2) is 18.2 Å². The van der Waals surface area contributed by atoms with E-state index in [1.807, 2.05) is 4.90 Å². The van der Waals surface area contributed by atoms with Crippen LogP contribution in [0.4, 0.5) is 25.4 Å². The predicted octanol–water partition coefficient (Wildman–Crippen LogP) is 3.54. The van der Waals surface area contributed by atoms with Gasteiger partial charge in [-0.3, -0.25) is 4.90 Å². The number of rotatable bonds is 2. The molecule has 1 aromatic rings. The van der Waals surface area contributed by atoms with E-state index in [9.17, 15) is 14.0 Å². The molecule has 26 heavy (non-hydrogen) atoms. The first-order valence-electron chi connectivity index (χ1n) is 9.49. The molecule has 0 spiro atoms. The van der Waals surface area contributed by atoms with Crippen LogP contribution in [0.2, 0.25) is 0 Å². The molecular weight excluding hydrogens is 335 g/mol. The number of fused-ring (bicyclic) bond motifs is 1. The maximum Gasteiger partial charge on any atom is 0.322 e. The van der Waals surface area contributed by atoms with E-state index in [0.717, 1.165) is 19.3 Å². The van der Waals surface area contributed by atoms with E-state index in [-0.39, 0.29) is 29.8 Å². The molecule has 1 aromatic carbocycles. The summed E-state index contributed by atoms with van der Waals surface area (Å²) in [4.78, 5) is 28.2. The van der Waals surface area contributed by atoms with Gasteiger partial charge in [-0.1, -0.05) is 12.8 Å². The number of halogens is 1. The van der Waals surface area contributed by atoms with Gasteiger partial charge in [0.15, 0.2) is 0 Å². The zero-order valence-electron chi connectivity index (χ0n) is 15.0. The molecule has 1 aliphatic carbocycles. The second-order valence-electron chi connectivity index (χ2n) is 7.58. The molecule has 6 nitrogen and oxygen atoms in total. The first kappa shape index (κ1) is 17.1. The van der Waals surface area contributed by atoms with Crippen LogP contribution in [-0.2, 0) is 0 Å². The molecule has 2 heterocycles. The van der Waals surface area contributed by atoms with Crippen molar-refractivity contribution < 1.29 is 14.0 Å². The fourth-order valence-corrected chi connectivity index (χ4v) is 4.73. The van der Waals surface area contributed by atoms with E-state index in [1.165, 1.54) is 25.0 Å². The Morgan fingerprint density at radius 3 is 2.88 bits per heavy atom. The van der Waals surface area contributed by atoms with E-state index in [2.05, 4.69) is 17.6 Å². The second-order valence-corrected chi connectivity index (χ2v) is 7.58. The Labute approximate surface area is 152 Å². The Bertz CT molecular complexity index is 725. The number of benzene rings is 1. The van der Waals surface area contributed by atoms with Gasteiger partial charge < -0.3 is 15.5 Å². The highest BCUT2D eigenvalue weighted by Gasteiger charge is 2.42. The van der Waals surface area contributed by atoms with E-state index in [1.54, 1.807) is 11.0 Å². The first-order chi connectivity index (χ1) is 12.5. The summed E-state index contributed by atoms with van der Waals surface area (Å²) in [5.74, 6) is 0.0720. The number of hydrogen-bond donors (Lipinski definition) is 2. The molecule has 0 unspecified atom stereocenters. The molecule has 4 amide bonds. The molecule has 3 atom stereocenters. The van der Waals surface area contributed by atoms with Gasteiger partial charge >= 0.3 is 12.1 Å². The standard InChI is InChI=1S/C19H25FN4O2/c1-12-10-13-4-2-3-5-17(13)24(12)19(26)22-16-11-14(6-7-15(16)20)23-9-8-21-18(23)25/h6-7,11-13,17H,2-5,8-10H2,1H3,(H,21,25)(H,22,26)/t12-,13-,17-/m1/s1. The minimum absolute atomic E-state index is 0.124. The molecular formula is C19H25FN4O2. The molecule has 1 saturated carbocycles. The summed E-state index contributed by atoms with van der Waals surface area (Å²) < 4.78 is 14.3. The van der Waals surface area contributed by atoms with Crippen molar-refractivity contribution in [3.05, 3.63) is 24.0 Å². The van der Waals surface area contributed by atoms with Gasteiger partial charge in [0.25, 0.3) is 0 Å². The van der Waals surface area contributed by atoms with Crippen LogP contribution >= 0.6 is 0 Å². The van der Waals surface area contributed by atoms with Crippen molar-refractivity contribution in [2.24, 2.45) is 5.92 Å². The number of urea groups is 2. The predicted molar refractivity (Wildman–Crippen MR) is 97.8 cm³/mol. The number of likely N-dealkylation sites (tertiary alicyclic amines) is 1. The minimum atomic E-state index is -0.492. The average molecular weight is 360 g/mol. The fourth-order valence-electron chi connectivity index (χ4n) is 4.73. The van der Waals surface area contributed by atoms with Crippen LogP contribution in [-0.4, -0.2) is 42.1 Å². The van der Waals surface area contributed by atoms with Crippen LogP contribution in [0.5, 0.6) is 0 Å². The Morgan fingerprint density at radius 1 is 1.31 bits per heavy atom. The topological polar surface area (TPSA) is 64.7 Å². The number of carbonyl (C=O) groups excluding carboxylic acids is 2. The number of nitrogens with one attached hydrogen (secondary N) is 2. The lowest BCUT2D eigenvalue weighted by Gasteiger charge is -2.33. The Balaban J connectivity index is 1.53. The van der Waals surface area contributed by atoms with Crippen LogP contribution in [0.1, 0.15) is 39.0 Å². The molecule has 0 radical (unpaired) electrons. The largest absolute Gasteiger partial charge is 0.336 e. The average Bonchev–Trinajstić information content (AvgIpc) is 3.19. The molecule has 4 rings (SSSR count). The Kier molecular flexibility index (Phi) is 4.46. The molecule has 3 fully saturated rings. The highest BCUT2D eigenvalue weighted by Crippen LogP contribution is 2.40. The zero-order chi connectivity index (χ0) is 18.3. The van der Waals surface area contributed by atoms with Crippen LogP contribution < -0.4 is 15.5 Å². The molecule has 2 N–H and O–H groups in total. The SMILES string of the molecule is C[C@@H]1C[C@H]2CCCC[C@H]2N1C(=O)Nc1cc(N2CCNC2=O)ccc1F. The number of nitrogens with zero attached hydrogens (tertiary/aromatic N) is 2. The van der Waals surface area contributed by atoms with Crippen molar-refractivity contribution in [3.8, 4) is 0 Å². The smallest absolute Gasteiger partial charge is 0.322 e. The third kappa shape index (κ3) is 2.99. The van der Waals surface area contributed by atoms with Crippen LogP contribution in [0, 0.1) is 11.7 Å². The van der Waals surface area contributed by atoms with Gasteiger partial charge in [0.2, 0.25) is 0 Å². The van der Waals surface area contributed by atoms with Gasteiger partial charge in [0.05, 0.1) is 5.69 Å². The lowest BCUT2D eigenvalue weighted by Crippen LogP contribution is -2.44. The lowest BCUT2D eigenvalue weighted by atomic mass is 9.85. The summed E-state index contributed by atoms with van der Waals surface area (Å²) in [6.45, 7) is 3.16. The molecule has 7 heteroatoms. The highest BCUT2D eigenvalue weighted by molar-refractivity contribution is 5.96. The minimum Gasteiger partial charge on any atom is -0.336 e.